The van der Waals surface area contributed by atoms with Crippen LogP contribution in [0.2, 0.25) is 5.02 Å². The van der Waals surface area contributed by atoms with Gasteiger partial charge in [-0.3, -0.25) is 0 Å². The van der Waals surface area contributed by atoms with Crippen LogP contribution < -0.4 is 10.1 Å². The maximum atomic E-state index is 13.0. The van der Waals surface area contributed by atoms with Gasteiger partial charge in [0, 0.05) is 12.1 Å². The normalized spacial score (nSPS) is 10.4. The first-order valence-corrected chi connectivity index (χ1v) is 8.62. The standard InChI is InChI=1S/C21H17ClFNO3/c22-18-10-7-15(21(25)26)11-19(18)24-12-16-3-1-2-4-20(16)27-13-14-5-8-17(23)9-6-14/h1-11,24H,12-13H2,(H,25,26). The van der Waals surface area contributed by atoms with Crippen LogP contribution in [0.1, 0.15) is 21.5 Å². The molecule has 0 bridgehead atoms. The number of rotatable bonds is 7. The first-order valence-electron chi connectivity index (χ1n) is 8.25. The number of halogens is 2. The van der Waals surface area contributed by atoms with Crippen LogP contribution >= 0.6 is 11.6 Å². The van der Waals surface area contributed by atoms with Gasteiger partial charge in [-0.15, -0.1) is 0 Å². The third-order valence-electron chi connectivity index (χ3n) is 3.96. The molecule has 0 aliphatic carbocycles. The van der Waals surface area contributed by atoms with E-state index in [4.69, 9.17) is 21.4 Å². The second kappa shape index (κ2) is 8.56. The second-order valence-electron chi connectivity index (χ2n) is 5.88. The van der Waals surface area contributed by atoms with Gasteiger partial charge in [-0.05, 0) is 42.0 Å². The molecular weight excluding hydrogens is 369 g/mol. The minimum atomic E-state index is -1.02. The maximum absolute atomic E-state index is 13.0. The van der Waals surface area contributed by atoms with Gasteiger partial charge < -0.3 is 15.2 Å². The van der Waals surface area contributed by atoms with E-state index < -0.39 is 5.97 Å². The molecule has 27 heavy (non-hydrogen) atoms. The molecule has 0 atom stereocenters. The van der Waals surface area contributed by atoms with E-state index in [9.17, 15) is 9.18 Å². The number of anilines is 1. The predicted octanol–water partition coefficient (Wildman–Crippen LogP) is 5.37. The number of nitrogens with one attached hydrogen (secondary N) is 1. The van der Waals surface area contributed by atoms with E-state index in [-0.39, 0.29) is 11.4 Å². The minimum Gasteiger partial charge on any atom is -0.489 e. The molecule has 0 amide bonds. The fourth-order valence-corrected chi connectivity index (χ4v) is 2.70. The summed E-state index contributed by atoms with van der Waals surface area (Å²) in [5, 5.41) is 12.7. The lowest BCUT2D eigenvalue weighted by molar-refractivity contribution is 0.0697. The van der Waals surface area contributed by atoms with Crippen molar-refractivity contribution in [1.29, 1.82) is 0 Å². The van der Waals surface area contributed by atoms with Gasteiger partial charge in [0.05, 0.1) is 16.3 Å². The average Bonchev–Trinajstić information content (AvgIpc) is 2.67. The number of benzene rings is 3. The second-order valence-corrected chi connectivity index (χ2v) is 6.28. The highest BCUT2D eigenvalue weighted by Crippen LogP contribution is 2.26. The summed E-state index contributed by atoms with van der Waals surface area (Å²) >= 11 is 6.14. The highest BCUT2D eigenvalue weighted by Gasteiger charge is 2.09. The van der Waals surface area contributed by atoms with Gasteiger partial charge in [0.2, 0.25) is 0 Å². The molecular formula is C21H17ClFNO3. The van der Waals surface area contributed by atoms with E-state index in [1.54, 1.807) is 18.2 Å². The number of carbonyl (C=O) groups is 1. The topological polar surface area (TPSA) is 58.6 Å². The van der Waals surface area contributed by atoms with Gasteiger partial charge in [-0.1, -0.05) is 41.9 Å². The number of carboxylic acid groups (broad SMARTS) is 1. The fourth-order valence-electron chi connectivity index (χ4n) is 2.52. The summed E-state index contributed by atoms with van der Waals surface area (Å²) in [6.07, 6.45) is 0. The van der Waals surface area contributed by atoms with Crippen LogP contribution in [0.3, 0.4) is 0 Å². The molecule has 0 saturated heterocycles. The number of para-hydroxylation sites is 1. The Kier molecular flexibility index (Phi) is 5.94. The summed E-state index contributed by atoms with van der Waals surface area (Å²) in [5.41, 5.74) is 2.43. The van der Waals surface area contributed by atoms with Crippen LogP contribution in [0, 0.1) is 5.82 Å². The van der Waals surface area contributed by atoms with Crippen LogP contribution in [-0.4, -0.2) is 11.1 Å². The summed E-state index contributed by atoms with van der Waals surface area (Å²) in [7, 11) is 0. The lowest BCUT2D eigenvalue weighted by atomic mass is 10.1. The van der Waals surface area contributed by atoms with Gasteiger partial charge in [0.15, 0.2) is 0 Å². The van der Waals surface area contributed by atoms with Crippen molar-refractivity contribution < 1.29 is 19.0 Å². The van der Waals surface area contributed by atoms with E-state index >= 15 is 0 Å². The molecule has 0 aliphatic rings. The van der Waals surface area contributed by atoms with Gasteiger partial charge in [0.25, 0.3) is 0 Å². The summed E-state index contributed by atoms with van der Waals surface area (Å²) in [6.45, 7) is 0.717. The molecule has 0 fully saturated rings. The number of hydrogen-bond donors (Lipinski definition) is 2. The molecule has 6 heteroatoms. The van der Waals surface area contributed by atoms with Gasteiger partial charge in [0.1, 0.15) is 18.2 Å². The zero-order valence-corrected chi connectivity index (χ0v) is 15.0. The lowest BCUT2D eigenvalue weighted by Gasteiger charge is -2.14. The monoisotopic (exact) mass is 385 g/mol. The molecule has 3 aromatic rings. The zero-order valence-electron chi connectivity index (χ0n) is 14.3. The van der Waals surface area contributed by atoms with Crippen molar-refractivity contribution in [2.75, 3.05) is 5.32 Å². The van der Waals surface area contributed by atoms with Crippen molar-refractivity contribution in [1.82, 2.24) is 0 Å². The van der Waals surface area contributed by atoms with Gasteiger partial charge >= 0.3 is 5.97 Å². The summed E-state index contributed by atoms with van der Waals surface area (Å²) in [6, 6.07) is 18.1. The maximum Gasteiger partial charge on any atom is 0.335 e. The highest BCUT2D eigenvalue weighted by atomic mass is 35.5. The highest BCUT2D eigenvalue weighted by molar-refractivity contribution is 6.33. The smallest absolute Gasteiger partial charge is 0.335 e. The van der Waals surface area contributed by atoms with Crippen molar-refractivity contribution in [2.24, 2.45) is 0 Å². The number of ether oxygens (including phenoxy) is 1. The van der Waals surface area contributed by atoms with E-state index in [1.165, 1.54) is 24.3 Å². The molecule has 0 unspecified atom stereocenters. The Morgan fingerprint density at radius 1 is 1.07 bits per heavy atom. The Hall–Kier alpha value is -3.05. The Labute approximate surface area is 161 Å². The minimum absolute atomic E-state index is 0.155. The summed E-state index contributed by atoms with van der Waals surface area (Å²) < 4.78 is 18.8. The third kappa shape index (κ3) is 4.99. The van der Waals surface area contributed by atoms with Crippen molar-refractivity contribution >= 4 is 23.3 Å². The average molecular weight is 386 g/mol. The van der Waals surface area contributed by atoms with E-state index in [2.05, 4.69) is 5.32 Å². The molecule has 0 aliphatic heterocycles. The van der Waals surface area contributed by atoms with E-state index in [1.807, 2.05) is 24.3 Å². The summed E-state index contributed by atoms with van der Waals surface area (Å²) in [5.74, 6) is -0.624. The van der Waals surface area contributed by atoms with Crippen LogP contribution in [0.4, 0.5) is 10.1 Å². The van der Waals surface area contributed by atoms with E-state index in [0.29, 0.717) is 29.6 Å². The molecule has 3 rings (SSSR count). The molecule has 138 valence electrons. The Bertz CT molecular complexity index is 944. The predicted molar refractivity (Wildman–Crippen MR) is 103 cm³/mol. The largest absolute Gasteiger partial charge is 0.489 e. The molecule has 0 saturated carbocycles. The summed E-state index contributed by atoms with van der Waals surface area (Å²) in [4.78, 5) is 11.1. The quantitative estimate of drug-likeness (QED) is 0.574. The lowest BCUT2D eigenvalue weighted by Crippen LogP contribution is -2.05. The molecule has 0 aromatic heterocycles. The van der Waals surface area contributed by atoms with Gasteiger partial charge in [-0.2, -0.15) is 0 Å². The first-order chi connectivity index (χ1) is 13.0. The molecule has 4 nitrogen and oxygen atoms in total. The zero-order chi connectivity index (χ0) is 19.2. The molecule has 2 N–H and O–H groups in total. The van der Waals surface area contributed by atoms with Crippen LogP contribution in [0.15, 0.2) is 66.7 Å². The first kappa shape index (κ1) is 18.7. The van der Waals surface area contributed by atoms with Crippen LogP contribution in [-0.2, 0) is 13.2 Å². The molecule has 0 radical (unpaired) electrons. The third-order valence-corrected chi connectivity index (χ3v) is 4.29. The molecule has 3 aromatic carbocycles. The number of hydrogen-bond acceptors (Lipinski definition) is 3. The fraction of sp³-hybridized carbons (Fsp3) is 0.0952. The SMILES string of the molecule is O=C(O)c1ccc(Cl)c(NCc2ccccc2OCc2ccc(F)cc2)c1. The van der Waals surface area contributed by atoms with Crippen LogP contribution in [0.5, 0.6) is 5.75 Å². The van der Waals surface area contributed by atoms with Gasteiger partial charge in [-0.25, -0.2) is 9.18 Å². The van der Waals surface area contributed by atoms with Crippen molar-refractivity contribution in [3.8, 4) is 5.75 Å². The Morgan fingerprint density at radius 2 is 1.81 bits per heavy atom. The Balaban J connectivity index is 1.70. The number of carboxylic acids is 1. The molecule has 0 spiro atoms. The Morgan fingerprint density at radius 3 is 2.56 bits per heavy atom. The van der Waals surface area contributed by atoms with E-state index in [0.717, 1.165) is 11.1 Å². The molecule has 0 heterocycles. The van der Waals surface area contributed by atoms with Crippen molar-refractivity contribution in [3.05, 3.63) is 94.3 Å². The van der Waals surface area contributed by atoms with Crippen LogP contribution in [0.25, 0.3) is 0 Å². The van der Waals surface area contributed by atoms with Crippen molar-refractivity contribution in [3.63, 3.8) is 0 Å². The van der Waals surface area contributed by atoms with Crippen molar-refractivity contribution in [2.45, 2.75) is 13.2 Å². The number of aromatic carboxylic acids is 1.